The molecule has 0 aliphatic heterocycles. The molecule has 3 nitrogen and oxygen atoms in total. The molecule has 0 atom stereocenters. The van der Waals surface area contributed by atoms with Crippen LogP contribution in [0.3, 0.4) is 0 Å². The van der Waals surface area contributed by atoms with E-state index in [1.807, 2.05) is 24.3 Å². The predicted molar refractivity (Wildman–Crippen MR) is 62.8 cm³/mol. The largest absolute Gasteiger partial charge is 0.497 e. The summed E-state index contributed by atoms with van der Waals surface area (Å²) in [5.41, 5.74) is 0. The SMILES string of the molecule is COc1ccc(Oc2cc[c]s2)c(OC)c1. The smallest absolute Gasteiger partial charge is 0.181 e. The third-order valence-corrected chi connectivity index (χ3v) is 2.70. The van der Waals surface area contributed by atoms with Crippen molar-refractivity contribution in [2.75, 3.05) is 14.2 Å². The summed E-state index contributed by atoms with van der Waals surface area (Å²) in [7, 11) is 3.21. The quantitative estimate of drug-likeness (QED) is 0.813. The topological polar surface area (TPSA) is 27.7 Å². The molecule has 2 rings (SSSR count). The maximum absolute atomic E-state index is 5.65. The van der Waals surface area contributed by atoms with Crippen LogP contribution >= 0.6 is 11.3 Å². The zero-order valence-corrected chi connectivity index (χ0v) is 9.84. The van der Waals surface area contributed by atoms with Gasteiger partial charge in [0.25, 0.3) is 0 Å². The minimum Gasteiger partial charge on any atom is -0.497 e. The Morgan fingerprint density at radius 3 is 2.56 bits per heavy atom. The van der Waals surface area contributed by atoms with Crippen molar-refractivity contribution in [3.63, 3.8) is 0 Å². The van der Waals surface area contributed by atoms with Crippen LogP contribution in [-0.4, -0.2) is 14.2 Å². The van der Waals surface area contributed by atoms with Gasteiger partial charge in [0, 0.05) is 11.4 Å². The highest BCUT2D eigenvalue weighted by atomic mass is 32.1. The molecule has 0 fully saturated rings. The van der Waals surface area contributed by atoms with Gasteiger partial charge >= 0.3 is 0 Å². The van der Waals surface area contributed by atoms with Crippen molar-refractivity contribution < 1.29 is 14.2 Å². The van der Waals surface area contributed by atoms with Crippen molar-refractivity contribution in [2.24, 2.45) is 0 Å². The first-order valence-corrected chi connectivity index (χ1v) is 5.51. The molecular formula is C12H11O3S. The molecule has 0 saturated carbocycles. The van der Waals surface area contributed by atoms with Crippen molar-refractivity contribution >= 4 is 11.3 Å². The predicted octanol–water partition coefficient (Wildman–Crippen LogP) is 3.36. The van der Waals surface area contributed by atoms with Crippen LogP contribution in [0.2, 0.25) is 0 Å². The van der Waals surface area contributed by atoms with Crippen molar-refractivity contribution in [1.82, 2.24) is 0 Å². The number of ether oxygens (including phenoxy) is 3. The maximum Gasteiger partial charge on any atom is 0.181 e. The van der Waals surface area contributed by atoms with E-state index in [9.17, 15) is 0 Å². The second-order valence-corrected chi connectivity index (χ2v) is 3.83. The van der Waals surface area contributed by atoms with Gasteiger partial charge in [-0.25, -0.2) is 0 Å². The van der Waals surface area contributed by atoms with Crippen LogP contribution in [-0.2, 0) is 0 Å². The van der Waals surface area contributed by atoms with Crippen molar-refractivity contribution in [1.29, 1.82) is 0 Å². The van der Waals surface area contributed by atoms with E-state index in [1.54, 1.807) is 20.3 Å². The van der Waals surface area contributed by atoms with Crippen LogP contribution < -0.4 is 14.2 Å². The fourth-order valence-corrected chi connectivity index (χ4v) is 1.77. The Hall–Kier alpha value is -1.68. The standard InChI is InChI=1S/C12H11O3S/c1-13-9-5-6-10(11(8-9)14-2)15-12-4-3-7-16-12/h3-6,8H,1-2H3. The van der Waals surface area contributed by atoms with Crippen molar-refractivity contribution in [2.45, 2.75) is 0 Å². The van der Waals surface area contributed by atoms with Crippen molar-refractivity contribution in [3.05, 3.63) is 35.7 Å². The molecule has 2 aromatic rings. The fraction of sp³-hybridized carbons (Fsp3) is 0.167. The minimum atomic E-state index is 0.646. The first-order chi connectivity index (χ1) is 7.83. The minimum absolute atomic E-state index is 0.646. The average molecular weight is 235 g/mol. The van der Waals surface area contributed by atoms with Gasteiger partial charge in [0.15, 0.2) is 16.6 Å². The number of benzene rings is 1. The van der Waals surface area contributed by atoms with Crippen LogP contribution in [0.25, 0.3) is 0 Å². The fourth-order valence-electron chi connectivity index (χ4n) is 1.25. The van der Waals surface area contributed by atoms with Gasteiger partial charge in [0.2, 0.25) is 0 Å². The highest BCUT2D eigenvalue weighted by molar-refractivity contribution is 7.11. The van der Waals surface area contributed by atoms with E-state index in [1.165, 1.54) is 11.3 Å². The molecule has 0 aliphatic carbocycles. The monoisotopic (exact) mass is 235 g/mol. The molecule has 0 unspecified atom stereocenters. The molecule has 0 aliphatic rings. The van der Waals surface area contributed by atoms with E-state index in [0.29, 0.717) is 11.5 Å². The molecule has 1 radical (unpaired) electrons. The molecule has 0 bridgehead atoms. The lowest BCUT2D eigenvalue weighted by molar-refractivity contribution is 0.371. The first-order valence-electron chi connectivity index (χ1n) is 4.69. The highest BCUT2D eigenvalue weighted by Crippen LogP contribution is 2.35. The van der Waals surface area contributed by atoms with Crippen LogP contribution in [0.15, 0.2) is 30.3 Å². The molecule has 4 heteroatoms. The summed E-state index contributed by atoms with van der Waals surface area (Å²) in [6.07, 6.45) is 0. The van der Waals surface area contributed by atoms with Crippen LogP contribution in [0.5, 0.6) is 22.3 Å². The van der Waals surface area contributed by atoms with Gasteiger partial charge in [-0.1, -0.05) is 11.3 Å². The van der Waals surface area contributed by atoms with Gasteiger partial charge in [0.05, 0.1) is 14.2 Å². The molecular weight excluding hydrogens is 224 g/mol. The molecule has 0 N–H and O–H groups in total. The number of rotatable bonds is 4. The van der Waals surface area contributed by atoms with E-state index in [-0.39, 0.29) is 0 Å². The highest BCUT2D eigenvalue weighted by Gasteiger charge is 2.07. The first kappa shape index (κ1) is 10.8. The van der Waals surface area contributed by atoms with Gasteiger partial charge in [-0.2, -0.15) is 0 Å². The molecule has 83 valence electrons. The molecule has 0 spiro atoms. The normalized spacial score (nSPS) is 9.88. The van der Waals surface area contributed by atoms with E-state index in [0.717, 1.165) is 10.8 Å². The van der Waals surface area contributed by atoms with E-state index in [2.05, 4.69) is 5.38 Å². The van der Waals surface area contributed by atoms with Crippen LogP contribution in [0, 0.1) is 5.38 Å². The molecule has 0 amide bonds. The van der Waals surface area contributed by atoms with E-state index >= 15 is 0 Å². The van der Waals surface area contributed by atoms with Gasteiger partial charge in [-0.15, -0.1) is 0 Å². The summed E-state index contributed by atoms with van der Waals surface area (Å²) in [4.78, 5) is 0. The number of hydrogen-bond acceptors (Lipinski definition) is 4. The summed E-state index contributed by atoms with van der Waals surface area (Å²) >= 11 is 1.41. The van der Waals surface area contributed by atoms with Gasteiger partial charge < -0.3 is 14.2 Å². The Morgan fingerprint density at radius 2 is 1.94 bits per heavy atom. The summed E-state index contributed by atoms with van der Waals surface area (Å²) in [6.45, 7) is 0. The third kappa shape index (κ3) is 2.28. The maximum atomic E-state index is 5.65. The van der Waals surface area contributed by atoms with E-state index in [4.69, 9.17) is 14.2 Å². The Balaban J connectivity index is 2.26. The average Bonchev–Trinajstić information content (AvgIpc) is 2.82. The Labute approximate surface area is 98.2 Å². The molecule has 1 aromatic carbocycles. The second kappa shape index (κ2) is 4.90. The lowest BCUT2D eigenvalue weighted by Crippen LogP contribution is -1.90. The summed E-state index contributed by atoms with van der Waals surface area (Å²) in [5, 5.41) is 3.74. The summed E-state index contributed by atoms with van der Waals surface area (Å²) in [6, 6.07) is 9.10. The summed E-state index contributed by atoms with van der Waals surface area (Å²) in [5.74, 6) is 2.05. The second-order valence-electron chi connectivity index (χ2n) is 2.99. The molecule has 16 heavy (non-hydrogen) atoms. The lowest BCUT2D eigenvalue weighted by Gasteiger charge is -2.09. The Bertz CT molecular complexity index is 451. The van der Waals surface area contributed by atoms with Crippen LogP contribution in [0.4, 0.5) is 0 Å². The lowest BCUT2D eigenvalue weighted by atomic mass is 10.3. The summed E-state index contributed by atoms with van der Waals surface area (Å²) < 4.78 is 16.0. The number of methoxy groups -OCH3 is 2. The Morgan fingerprint density at radius 1 is 1.06 bits per heavy atom. The van der Waals surface area contributed by atoms with Gasteiger partial charge in [-0.3, -0.25) is 0 Å². The number of hydrogen-bond donors (Lipinski definition) is 0. The van der Waals surface area contributed by atoms with Gasteiger partial charge in [-0.05, 0) is 24.3 Å². The van der Waals surface area contributed by atoms with E-state index < -0.39 is 0 Å². The van der Waals surface area contributed by atoms with Crippen LogP contribution in [0.1, 0.15) is 0 Å². The third-order valence-electron chi connectivity index (χ3n) is 2.03. The molecule has 1 heterocycles. The zero-order chi connectivity index (χ0) is 11.4. The van der Waals surface area contributed by atoms with Crippen molar-refractivity contribution in [3.8, 4) is 22.3 Å². The number of thiophene rings is 1. The molecule has 1 aromatic heterocycles. The van der Waals surface area contributed by atoms with Gasteiger partial charge in [0.1, 0.15) is 5.75 Å². The molecule has 0 saturated heterocycles. The zero-order valence-electron chi connectivity index (χ0n) is 9.02. The Kier molecular flexibility index (Phi) is 3.31.